The van der Waals surface area contributed by atoms with E-state index in [0.29, 0.717) is 4.99 Å². The number of rotatable bonds is 6. The standard InChI is InChI=1S/C14H24N2OS/c15-12(18)14(8-4-9-14)13(17)16-10-3-7-11-5-1-2-6-11/h11H,1-10H2,(H2,15,18)(H,16,17). The van der Waals surface area contributed by atoms with Crippen LogP contribution in [0.1, 0.15) is 57.8 Å². The Kier molecular flexibility index (Phi) is 4.60. The van der Waals surface area contributed by atoms with E-state index in [1.807, 2.05) is 0 Å². The summed E-state index contributed by atoms with van der Waals surface area (Å²) in [6.07, 6.45) is 10.6. The molecule has 0 aromatic carbocycles. The molecule has 2 fully saturated rings. The summed E-state index contributed by atoms with van der Waals surface area (Å²) in [5.74, 6) is 0.961. The molecular formula is C14H24N2OS. The van der Waals surface area contributed by atoms with Crippen molar-refractivity contribution in [2.24, 2.45) is 17.1 Å². The second-order valence-corrected chi connectivity index (χ2v) is 6.29. The van der Waals surface area contributed by atoms with Gasteiger partial charge in [-0.15, -0.1) is 0 Å². The molecule has 0 aromatic heterocycles. The van der Waals surface area contributed by atoms with E-state index in [1.54, 1.807) is 0 Å². The zero-order valence-corrected chi connectivity index (χ0v) is 11.9. The molecule has 2 aliphatic carbocycles. The van der Waals surface area contributed by atoms with Crippen molar-refractivity contribution in [3.05, 3.63) is 0 Å². The molecule has 3 N–H and O–H groups in total. The summed E-state index contributed by atoms with van der Waals surface area (Å²) in [6.45, 7) is 0.777. The Bertz CT molecular complexity index is 320. The van der Waals surface area contributed by atoms with Crippen LogP contribution in [0.15, 0.2) is 0 Å². The fraction of sp³-hybridized carbons (Fsp3) is 0.857. The third-order valence-electron chi connectivity index (χ3n) is 4.66. The van der Waals surface area contributed by atoms with Crippen molar-refractivity contribution in [2.75, 3.05) is 6.54 Å². The molecule has 2 aliphatic rings. The predicted molar refractivity (Wildman–Crippen MR) is 77.3 cm³/mol. The van der Waals surface area contributed by atoms with Gasteiger partial charge in [0.1, 0.15) is 0 Å². The first-order chi connectivity index (χ1) is 8.65. The Hall–Kier alpha value is -0.640. The summed E-state index contributed by atoms with van der Waals surface area (Å²) in [4.78, 5) is 12.5. The van der Waals surface area contributed by atoms with Crippen molar-refractivity contribution in [3.63, 3.8) is 0 Å². The van der Waals surface area contributed by atoms with E-state index in [4.69, 9.17) is 18.0 Å². The number of nitrogens with one attached hydrogen (secondary N) is 1. The van der Waals surface area contributed by atoms with Gasteiger partial charge >= 0.3 is 0 Å². The summed E-state index contributed by atoms with van der Waals surface area (Å²) in [6, 6.07) is 0. The molecule has 0 unspecified atom stereocenters. The van der Waals surface area contributed by atoms with Gasteiger partial charge in [0, 0.05) is 6.54 Å². The number of hydrogen-bond donors (Lipinski definition) is 2. The third kappa shape index (κ3) is 2.85. The zero-order valence-electron chi connectivity index (χ0n) is 11.0. The summed E-state index contributed by atoms with van der Waals surface area (Å²) < 4.78 is 0. The molecule has 0 atom stereocenters. The van der Waals surface area contributed by atoms with Crippen molar-refractivity contribution in [3.8, 4) is 0 Å². The number of thiocarbonyl (C=S) groups is 1. The SMILES string of the molecule is NC(=S)C1(C(=O)NCCCC2CCCC2)CCC1. The van der Waals surface area contributed by atoms with Crippen LogP contribution in [0.4, 0.5) is 0 Å². The molecule has 0 aliphatic heterocycles. The van der Waals surface area contributed by atoms with E-state index in [0.717, 1.165) is 38.1 Å². The van der Waals surface area contributed by atoms with Crippen LogP contribution in [0.3, 0.4) is 0 Å². The molecule has 1 amide bonds. The largest absolute Gasteiger partial charge is 0.392 e. The number of nitrogens with two attached hydrogens (primary N) is 1. The highest BCUT2D eigenvalue weighted by Gasteiger charge is 2.46. The lowest BCUT2D eigenvalue weighted by molar-refractivity contribution is -0.130. The maximum absolute atomic E-state index is 12.1. The second-order valence-electron chi connectivity index (χ2n) is 5.85. The first kappa shape index (κ1) is 13.8. The van der Waals surface area contributed by atoms with Crippen LogP contribution < -0.4 is 11.1 Å². The van der Waals surface area contributed by atoms with Gasteiger partial charge in [-0.3, -0.25) is 4.79 Å². The molecule has 0 aromatic rings. The Morgan fingerprint density at radius 3 is 2.44 bits per heavy atom. The van der Waals surface area contributed by atoms with Crippen LogP contribution in [-0.4, -0.2) is 17.4 Å². The fourth-order valence-corrected chi connectivity index (χ4v) is 3.47. The average molecular weight is 268 g/mol. The Balaban J connectivity index is 1.66. The van der Waals surface area contributed by atoms with E-state index in [9.17, 15) is 4.79 Å². The minimum atomic E-state index is -0.511. The van der Waals surface area contributed by atoms with Gasteiger partial charge in [-0.05, 0) is 31.6 Å². The Morgan fingerprint density at radius 1 is 1.28 bits per heavy atom. The number of amides is 1. The van der Waals surface area contributed by atoms with Crippen molar-refractivity contribution in [1.82, 2.24) is 5.32 Å². The lowest BCUT2D eigenvalue weighted by Crippen LogP contribution is -2.53. The fourth-order valence-electron chi connectivity index (χ4n) is 3.18. The average Bonchev–Trinajstić information content (AvgIpc) is 2.75. The second kappa shape index (κ2) is 6.00. The van der Waals surface area contributed by atoms with Gasteiger partial charge in [-0.25, -0.2) is 0 Å². The van der Waals surface area contributed by atoms with Crippen LogP contribution in [0, 0.1) is 11.3 Å². The molecule has 0 radical (unpaired) electrons. The lowest BCUT2D eigenvalue weighted by atomic mass is 9.68. The number of carbonyl (C=O) groups excluding carboxylic acids is 1. The summed E-state index contributed by atoms with van der Waals surface area (Å²) in [5.41, 5.74) is 5.20. The van der Waals surface area contributed by atoms with Crippen LogP contribution >= 0.6 is 12.2 Å². The van der Waals surface area contributed by atoms with Crippen LogP contribution in [0.25, 0.3) is 0 Å². The first-order valence-corrected chi connectivity index (χ1v) is 7.64. The minimum Gasteiger partial charge on any atom is -0.392 e. The molecule has 2 rings (SSSR count). The quantitative estimate of drug-likeness (QED) is 0.575. The molecule has 0 bridgehead atoms. The van der Waals surface area contributed by atoms with Crippen LogP contribution in [-0.2, 0) is 4.79 Å². The Labute approximate surface area is 115 Å². The smallest absolute Gasteiger partial charge is 0.233 e. The summed E-state index contributed by atoms with van der Waals surface area (Å²) in [5, 5.41) is 3.02. The number of hydrogen-bond acceptors (Lipinski definition) is 2. The van der Waals surface area contributed by atoms with Crippen LogP contribution in [0.2, 0.25) is 0 Å². The maximum Gasteiger partial charge on any atom is 0.233 e. The minimum absolute atomic E-state index is 0.0627. The van der Waals surface area contributed by atoms with Gasteiger partial charge in [0.05, 0.1) is 10.4 Å². The molecule has 3 nitrogen and oxygen atoms in total. The van der Waals surface area contributed by atoms with E-state index in [1.165, 1.54) is 32.1 Å². The highest BCUT2D eigenvalue weighted by Crippen LogP contribution is 2.41. The third-order valence-corrected chi connectivity index (χ3v) is 5.05. The van der Waals surface area contributed by atoms with Gasteiger partial charge in [0.2, 0.25) is 5.91 Å². The number of carbonyl (C=O) groups is 1. The van der Waals surface area contributed by atoms with E-state index < -0.39 is 5.41 Å². The summed E-state index contributed by atoms with van der Waals surface area (Å²) >= 11 is 5.04. The molecule has 4 heteroatoms. The van der Waals surface area contributed by atoms with Crippen molar-refractivity contribution >= 4 is 23.1 Å². The molecule has 0 saturated heterocycles. The van der Waals surface area contributed by atoms with Crippen molar-refractivity contribution < 1.29 is 4.79 Å². The highest BCUT2D eigenvalue weighted by molar-refractivity contribution is 7.80. The van der Waals surface area contributed by atoms with Gasteiger partial charge in [0.15, 0.2) is 0 Å². The molecular weight excluding hydrogens is 244 g/mol. The van der Waals surface area contributed by atoms with Crippen molar-refractivity contribution in [1.29, 1.82) is 0 Å². The predicted octanol–water partition coefficient (Wildman–Crippen LogP) is 2.53. The molecule has 0 heterocycles. The maximum atomic E-state index is 12.1. The zero-order chi connectivity index (χ0) is 13.0. The monoisotopic (exact) mass is 268 g/mol. The van der Waals surface area contributed by atoms with Gasteiger partial charge in [-0.2, -0.15) is 0 Å². The van der Waals surface area contributed by atoms with Gasteiger partial charge < -0.3 is 11.1 Å². The lowest BCUT2D eigenvalue weighted by Gasteiger charge is -2.39. The summed E-state index contributed by atoms with van der Waals surface area (Å²) in [7, 11) is 0. The molecule has 18 heavy (non-hydrogen) atoms. The van der Waals surface area contributed by atoms with E-state index in [2.05, 4.69) is 5.32 Å². The molecule has 102 valence electrons. The Morgan fingerprint density at radius 2 is 1.94 bits per heavy atom. The van der Waals surface area contributed by atoms with Crippen LogP contribution in [0.5, 0.6) is 0 Å². The van der Waals surface area contributed by atoms with E-state index in [-0.39, 0.29) is 5.91 Å². The normalized spacial score (nSPS) is 22.4. The van der Waals surface area contributed by atoms with Gasteiger partial charge in [-0.1, -0.05) is 44.3 Å². The van der Waals surface area contributed by atoms with Gasteiger partial charge in [0.25, 0.3) is 0 Å². The molecule has 0 spiro atoms. The van der Waals surface area contributed by atoms with E-state index >= 15 is 0 Å². The topological polar surface area (TPSA) is 55.1 Å². The van der Waals surface area contributed by atoms with Crippen molar-refractivity contribution in [2.45, 2.75) is 57.8 Å². The first-order valence-electron chi connectivity index (χ1n) is 7.23. The highest BCUT2D eigenvalue weighted by atomic mass is 32.1. The molecule has 2 saturated carbocycles.